The Balaban J connectivity index is 1.30. The first-order valence-electron chi connectivity index (χ1n) is 9.18. The van der Waals surface area contributed by atoms with Crippen LogP contribution in [-0.2, 0) is 13.2 Å². The van der Waals surface area contributed by atoms with Crippen LogP contribution in [0.1, 0.15) is 5.89 Å². The molecule has 1 aromatic carbocycles. The Hall–Kier alpha value is -1.79. The van der Waals surface area contributed by atoms with E-state index in [9.17, 15) is 0 Å². The summed E-state index contributed by atoms with van der Waals surface area (Å²) >= 11 is 8.61. The standard InChI is InChI=1S/C18H22N6O2S3/c1-25-14-5-3-13(4-6-14)16-19-15(26-21-16)11-22-7-9-23(10-8-22)12-24-18(27)29-17(20-24)28-2/h3-6H,7-12H2,1-2H3. The molecule has 0 unspecified atom stereocenters. The lowest BCUT2D eigenvalue weighted by molar-refractivity contribution is 0.0907. The van der Waals surface area contributed by atoms with Crippen molar-refractivity contribution in [3.63, 3.8) is 0 Å². The molecule has 0 bridgehead atoms. The van der Waals surface area contributed by atoms with Crippen LogP contribution in [0, 0.1) is 3.95 Å². The van der Waals surface area contributed by atoms with Crippen LogP contribution in [0.15, 0.2) is 33.1 Å². The molecule has 2 aromatic heterocycles. The molecule has 154 valence electrons. The minimum absolute atomic E-state index is 0.601. The van der Waals surface area contributed by atoms with E-state index in [1.807, 2.05) is 35.2 Å². The number of hydrogen-bond acceptors (Lipinski definition) is 10. The minimum Gasteiger partial charge on any atom is -0.497 e. The number of methoxy groups -OCH3 is 1. The average Bonchev–Trinajstić information content (AvgIpc) is 3.36. The van der Waals surface area contributed by atoms with Gasteiger partial charge in [-0.15, -0.1) is 0 Å². The molecule has 0 aliphatic carbocycles. The maximum atomic E-state index is 5.46. The molecule has 1 aliphatic rings. The van der Waals surface area contributed by atoms with Crippen LogP contribution in [-0.4, -0.2) is 69.3 Å². The highest BCUT2D eigenvalue weighted by atomic mass is 32.2. The van der Waals surface area contributed by atoms with E-state index in [2.05, 4.69) is 25.0 Å². The third-order valence-corrected chi connectivity index (χ3v) is 7.02. The Morgan fingerprint density at radius 3 is 2.55 bits per heavy atom. The minimum atomic E-state index is 0.601. The molecule has 3 aromatic rings. The molecule has 1 aliphatic heterocycles. The maximum Gasteiger partial charge on any atom is 0.241 e. The molecule has 0 amide bonds. The molecule has 3 heterocycles. The van der Waals surface area contributed by atoms with Gasteiger partial charge in [0.05, 0.1) is 20.3 Å². The number of rotatable bonds is 7. The van der Waals surface area contributed by atoms with Crippen molar-refractivity contribution >= 4 is 35.3 Å². The number of benzene rings is 1. The highest BCUT2D eigenvalue weighted by Crippen LogP contribution is 2.21. The number of piperazine rings is 1. The second-order valence-corrected chi connectivity index (χ2v) is 9.29. The first-order chi connectivity index (χ1) is 14.1. The Morgan fingerprint density at radius 1 is 1.17 bits per heavy atom. The molecular weight excluding hydrogens is 428 g/mol. The zero-order valence-electron chi connectivity index (χ0n) is 16.3. The maximum absolute atomic E-state index is 5.46. The zero-order chi connectivity index (χ0) is 20.2. The summed E-state index contributed by atoms with van der Waals surface area (Å²) in [5.41, 5.74) is 0.912. The molecule has 0 atom stereocenters. The molecule has 0 spiro atoms. The average molecular weight is 451 g/mol. The summed E-state index contributed by atoms with van der Waals surface area (Å²) < 4.78 is 14.4. The Kier molecular flexibility index (Phi) is 6.60. The Labute approximate surface area is 182 Å². The summed E-state index contributed by atoms with van der Waals surface area (Å²) in [5, 5.41) is 8.66. The van der Waals surface area contributed by atoms with Crippen LogP contribution in [0.2, 0.25) is 0 Å². The molecule has 1 saturated heterocycles. The summed E-state index contributed by atoms with van der Waals surface area (Å²) in [6.45, 7) is 5.18. The fourth-order valence-corrected chi connectivity index (χ4v) is 4.84. The van der Waals surface area contributed by atoms with Crippen molar-refractivity contribution in [1.29, 1.82) is 0 Å². The van der Waals surface area contributed by atoms with Gasteiger partial charge >= 0.3 is 0 Å². The van der Waals surface area contributed by atoms with E-state index in [1.54, 1.807) is 30.2 Å². The van der Waals surface area contributed by atoms with Gasteiger partial charge in [-0.3, -0.25) is 9.80 Å². The van der Waals surface area contributed by atoms with Crippen molar-refractivity contribution < 1.29 is 9.26 Å². The van der Waals surface area contributed by atoms with Crippen LogP contribution >= 0.6 is 35.3 Å². The van der Waals surface area contributed by atoms with E-state index >= 15 is 0 Å². The number of thioether (sulfide) groups is 1. The van der Waals surface area contributed by atoms with Gasteiger partial charge in [0, 0.05) is 31.7 Å². The molecule has 0 N–H and O–H groups in total. The van der Waals surface area contributed by atoms with E-state index in [0.29, 0.717) is 18.3 Å². The second kappa shape index (κ2) is 9.35. The monoisotopic (exact) mass is 450 g/mol. The van der Waals surface area contributed by atoms with Gasteiger partial charge in [0.2, 0.25) is 11.7 Å². The van der Waals surface area contributed by atoms with Gasteiger partial charge in [0.1, 0.15) is 5.75 Å². The lowest BCUT2D eigenvalue weighted by Crippen LogP contribution is -2.46. The molecule has 1 fully saturated rings. The molecule has 11 heteroatoms. The first kappa shape index (κ1) is 20.5. The summed E-state index contributed by atoms with van der Waals surface area (Å²) in [5.74, 6) is 2.04. The van der Waals surface area contributed by atoms with E-state index in [4.69, 9.17) is 21.5 Å². The highest BCUT2D eigenvalue weighted by Gasteiger charge is 2.20. The highest BCUT2D eigenvalue weighted by molar-refractivity contribution is 8.00. The Bertz CT molecular complexity index is 992. The van der Waals surface area contributed by atoms with Gasteiger partial charge in [-0.25, -0.2) is 4.68 Å². The summed E-state index contributed by atoms with van der Waals surface area (Å²) in [6, 6.07) is 7.64. The predicted octanol–water partition coefficient (Wildman–Crippen LogP) is 3.23. The molecule has 29 heavy (non-hydrogen) atoms. The van der Waals surface area contributed by atoms with Gasteiger partial charge in [-0.2, -0.15) is 10.1 Å². The van der Waals surface area contributed by atoms with Crippen molar-refractivity contribution in [3.05, 3.63) is 34.1 Å². The van der Waals surface area contributed by atoms with Gasteiger partial charge in [-0.1, -0.05) is 28.3 Å². The lowest BCUT2D eigenvalue weighted by Gasteiger charge is -2.33. The van der Waals surface area contributed by atoms with Crippen LogP contribution in [0.3, 0.4) is 0 Å². The van der Waals surface area contributed by atoms with Crippen LogP contribution in [0.4, 0.5) is 0 Å². The zero-order valence-corrected chi connectivity index (χ0v) is 18.7. The molecule has 0 saturated carbocycles. The van der Waals surface area contributed by atoms with Crippen LogP contribution < -0.4 is 4.74 Å². The van der Waals surface area contributed by atoms with Gasteiger partial charge in [0.25, 0.3) is 0 Å². The quantitative estimate of drug-likeness (QED) is 0.398. The molecule has 4 rings (SSSR count). The smallest absolute Gasteiger partial charge is 0.241 e. The van der Waals surface area contributed by atoms with Crippen molar-refractivity contribution in [2.45, 2.75) is 17.6 Å². The SMILES string of the molecule is COc1ccc(-c2noc(CN3CCN(Cn4nc(SC)sc4=S)CC3)n2)cc1. The normalized spacial score (nSPS) is 15.7. The molecular formula is C18H22N6O2S3. The van der Waals surface area contributed by atoms with E-state index in [0.717, 1.165) is 52.5 Å². The number of hydrogen-bond donors (Lipinski definition) is 0. The lowest BCUT2D eigenvalue weighted by atomic mass is 10.2. The third kappa shape index (κ3) is 5.04. The van der Waals surface area contributed by atoms with Crippen molar-refractivity contribution in [2.75, 3.05) is 39.5 Å². The molecule has 8 nitrogen and oxygen atoms in total. The first-order valence-corrected chi connectivity index (χ1v) is 11.6. The number of aromatic nitrogens is 4. The van der Waals surface area contributed by atoms with E-state index in [-0.39, 0.29) is 0 Å². The Morgan fingerprint density at radius 2 is 1.90 bits per heavy atom. The summed E-state index contributed by atoms with van der Waals surface area (Å²) in [4.78, 5) is 9.23. The van der Waals surface area contributed by atoms with Gasteiger partial charge in [-0.05, 0) is 42.7 Å². The molecule has 0 radical (unpaired) electrons. The van der Waals surface area contributed by atoms with Gasteiger partial charge < -0.3 is 9.26 Å². The fraction of sp³-hybridized carbons (Fsp3) is 0.444. The van der Waals surface area contributed by atoms with Gasteiger partial charge in [0.15, 0.2) is 8.29 Å². The topological polar surface area (TPSA) is 72.5 Å². The number of nitrogens with zero attached hydrogens (tertiary/aromatic N) is 6. The fourth-order valence-electron chi connectivity index (χ4n) is 3.11. The van der Waals surface area contributed by atoms with Crippen molar-refractivity contribution in [3.8, 4) is 17.1 Å². The van der Waals surface area contributed by atoms with E-state index < -0.39 is 0 Å². The predicted molar refractivity (Wildman–Crippen MR) is 116 cm³/mol. The summed E-state index contributed by atoms with van der Waals surface area (Å²) in [7, 11) is 1.65. The number of ether oxygens (including phenoxy) is 1. The van der Waals surface area contributed by atoms with Crippen LogP contribution in [0.5, 0.6) is 5.75 Å². The third-order valence-electron chi connectivity index (χ3n) is 4.74. The van der Waals surface area contributed by atoms with Crippen molar-refractivity contribution in [2.24, 2.45) is 0 Å². The largest absolute Gasteiger partial charge is 0.497 e. The van der Waals surface area contributed by atoms with Crippen molar-refractivity contribution in [1.82, 2.24) is 29.7 Å². The summed E-state index contributed by atoms with van der Waals surface area (Å²) in [6.07, 6.45) is 2.02. The van der Waals surface area contributed by atoms with Crippen LogP contribution in [0.25, 0.3) is 11.4 Å². The second-order valence-electron chi connectivity index (χ2n) is 6.61. The van der Waals surface area contributed by atoms with E-state index in [1.165, 1.54) is 0 Å².